The Kier molecular flexibility index (Phi) is 8.23. The number of hydrogen-bond donors (Lipinski definition) is 1. The van der Waals surface area contributed by atoms with Crippen LogP contribution in [0.5, 0.6) is 11.5 Å². The average molecular weight is 476 g/mol. The monoisotopic (exact) mass is 475 g/mol. The van der Waals surface area contributed by atoms with Gasteiger partial charge in [0.2, 0.25) is 5.91 Å². The van der Waals surface area contributed by atoms with Crippen LogP contribution in [0.15, 0.2) is 73.1 Å². The summed E-state index contributed by atoms with van der Waals surface area (Å²) >= 11 is 0. The van der Waals surface area contributed by atoms with E-state index in [1.54, 1.807) is 30.5 Å². The van der Waals surface area contributed by atoms with Crippen LogP contribution in [0.2, 0.25) is 0 Å². The number of benzene rings is 2. The van der Waals surface area contributed by atoms with Crippen molar-refractivity contribution in [2.24, 2.45) is 0 Å². The zero-order valence-corrected chi connectivity index (χ0v) is 20.0. The summed E-state index contributed by atoms with van der Waals surface area (Å²) in [5, 5.41) is 2.93. The summed E-state index contributed by atoms with van der Waals surface area (Å²) in [5.74, 6) is -0.214. The summed E-state index contributed by atoms with van der Waals surface area (Å²) in [4.78, 5) is 18.8. The van der Waals surface area contributed by atoms with Crippen LogP contribution in [0.1, 0.15) is 30.5 Å². The van der Waals surface area contributed by atoms with E-state index in [4.69, 9.17) is 9.47 Å². The summed E-state index contributed by atoms with van der Waals surface area (Å²) < 4.78 is 25.8. The number of hydrogen-bond acceptors (Lipinski definition) is 5. The molecule has 1 fully saturated rings. The number of rotatable bonds is 8. The van der Waals surface area contributed by atoms with Gasteiger partial charge in [0.25, 0.3) is 0 Å². The molecular weight excluding hydrogens is 445 g/mol. The second-order valence-electron chi connectivity index (χ2n) is 8.75. The molecular formula is C28H30FN3O3. The number of halogens is 1. The van der Waals surface area contributed by atoms with Crippen molar-refractivity contribution in [2.45, 2.75) is 39.1 Å². The highest BCUT2D eigenvalue weighted by Crippen LogP contribution is 2.25. The second kappa shape index (κ2) is 11.7. The molecule has 0 spiro atoms. The summed E-state index contributed by atoms with van der Waals surface area (Å²) in [7, 11) is 0. The topological polar surface area (TPSA) is 63.7 Å². The van der Waals surface area contributed by atoms with Crippen molar-refractivity contribution in [1.29, 1.82) is 0 Å². The van der Waals surface area contributed by atoms with Crippen LogP contribution in [0.4, 0.5) is 4.39 Å². The number of amides is 1. The fourth-order valence-corrected chi connectivity index (χ4v) is 4.19. The first-order valence-electron chi connectivity index (χ1n) is 11.7. The zero-order chi connectivity index (χ0) is 24.6. The molecule has 1 aromatic heterocycles. The number of nitrogens with zero attached hydrogens (tertiary/aromatic N) is 2. The van der Waals surface area contributed by atoms with Crippen molar-refractivity contribution in [1.82, 2.24) is 15.2 Å². The van der Waals surface area contributed by atoms with E-state index in [0.29, 0.717) is 17.9 Å². The maximum atomic E-state index is 14.4. The molecule has 2 atom stereocenters. The van der Waals surface area contributed by atoms with Crippen molar-refractivity contribution in [3.8, 4) is 11.5 Å². The molecule has 2 heterocycles. The SMILES string of the molecule is CC1CN(Cc2ccccc2CNC(=O)/C=C/c2ccc(Oc3cccnc3)c(F)c2)CC(C)O1. The molecule has 1 saturated heterocycles. The molecule has 1 amide bonds. The van der Waals surface area contributed by atoms with Gasteiger partial charge in [-0.2, -0.15) is 0 Å². The Hall–Kier alpha value is -3.55. The van der Waals surface area contributed by atoms with Gasteiger partial charge in [-0.15, -0.1) is 0 Å². The number of morpholine rings is 1. The van der Waals surface area contributed by atoms with Gasteiger partial charge in [-0.3, -0.25) is 14.7 Å². The summed E-state index contributed by atoms with van der Waals surface area (Å²) in [6.45, 7) is 7.18. The van der Waals surface area contributed by atoms with E-state index >= 15 is 0 Å². The van der Waals surface area contributed by atoms with Crippen molar-refractivity contribution in [3.05, 3.63) is 95.6 Å². The lowest BCUT2D eigenvalue weighted by Crippen LogP contribution is -2.45. The number of carbonyl (C=O) groups is 1. The lowest BCUT2D eigenvalue weighted by molar-refractivity contribution is -0.116. The molecule has 4 rings (SSSR count). The van der Waals surface area contributed by atoms with Crippen LogP contribution in [0, 0.1) is 5.82 Å². The van der Waals surface area contributed by atoms with E-state index < -0.39 is 5.82 Å². The first-order chi connectivity index (χ1) is 17.0. The van der Waals surface area contributed by atoms with E-state index in [9.17, 15) is 9.18 Å². The Morgan fingerprint density at radius 2 is 1.91 bits per heavy atom. The molecule has 0 radical (unpaired) electrons. The molecule has 0 bridgehead atoms. The van der Waals surface area contributed by atoms with E-state index in [1.165, 1.54) is 30.0 Å². The van der Waals surface area contributed by atoms with E-state index in [-0.39, 0.29) is 23.9 Å². The Balaban J connectivity index is 1.32. The second-order valence-corrected chi connectivity index (χ2v) is 8.75. The third-order valence-electron chi connectivity index (χ3n) is 5.71. The first-order valence-corrected chi connectivity index (χ1v) is 11.7. The highest BCUT2D eigenvalue weighted by atomic mass is 19.1. The van der Waals surface area contributed by atoms with Crippen molar-refractivity contribution >= 4 is 12.0 Å². The maximum absolute atomic E-state index is 14.4. The minimum atomic E-state index is -0.517. The van der Waals surface area contributed by atoms with E-state index in [2.05, 4.69) is 35.1 Å². The predicted molar refractivity (Wildman–Crippen MR) is 133 cm³/mol. The number of pyridine rings is 1. The number of nitrogens with one attached hydrogen (secondary N) is 1. The molecule has 1 aliphatic rings. The van der Waals surface area contributed by atoms with E-state index in [1.807, 2.05) is 18.2 Å². The van der Waals surface area contributed by atoms with Crippen LogP contribution in [-0.2, 0) is 22.6 Å². The van der Waals surface area contributed by atoms with Crippen LogP contribution >= 0.6 is 0 Å². The molecule has 1 aliphatic heterocycles. The Morgan fingerprint density at radius 3 is 2.63 bits per heavy atom. The lowest BCUT2D eigenvalue weighted by atomic mass is 10.1. The van der Waals surface area contributed by atoms with E-state index in [0.717, 1.165) is 25.2 Å². The highest BCUT2D eigenvalue weighted by Gasteiger charge is 2.22. The molecule has 6 nitrogen and oxygen atoms in total. The largest absolute Gasteiger partial charge is 0.453 e. The Bertz CT molecular complexity index is 1160. The van der Waals surface area contributed by atoms with Crippen molar-refractivity contribution < 1.29 is 18.7 Å². The van der Waals surface area contributed by atoms with Gasteiger partial charge in [0, 0.05) is 38.5 Å². The molecule has 1 N–H and O–H groups in total. The van der Waals surface area contributed by atoms with Crippen LogP contribution in [0.3, 0.4) is 0 Å². The third-order valence-corrected chi connectivity index (χ3v) is 5.71. The molecule has 0 aliphatic carbocycles. The standard InChI is InChI=1S/C28H30FN3O3/c1-20-17-32(18-21(2)34-20)19-24-7-4-3-6-23(24)15-31-28(33)12-10-22-9-11-27(26(29)14-22)35-25-8-5-13-30-16-25/h3-14,16,20-21H,15,17-19H2,1-2H3,(H,31,33)/b12-10+. The smallest absolute Gasteiger partial charge is 0.244 e. The van der Waals surface area contributed by atoms with Crippen molar-refractivity contribution in [2.75, 3.05) is 13.1 Å². The van der Waals surface area contributed by atoms with Crippen LogP contribution < -0.4 is 10.1 Å². The predicted octanol–water partition coefficient (Wildman–Crippen LogP) is 4.95. The quantitative estimate of drug-likeness (QED) is 0.467. The Labute approximate surface area is 205 Å². The molecule has 2 aromatic carbocycles. The molecule has 3 aromatic rings. The Morgan fingerprint density at radius 1 is 1.14 bits per heavy atom. The van der Waals surface area contributed by atoms with Crippen LogP contribution in [0.25, 0.3) is 6.08 Å². The van der Waals surface area contributed by atoms with Gasteiger partial charge in [0.1, 0.15) is 5.75 Å². The summed E-state index contributed by atoms with van der Waals surface area (Å²) in [5.41, 5.74) is 2.82. The maximum Gasteiger partial charge on any atom is 0.244 e. The minimum absolute atomic E-state index is 0.0975. The third kappa shape index (κ3) is 7.21. The average Bonchev–Trinajstić information content (AvgIpc) is 2.84. The van der Waals surface area contributed by atoms with Crippen LogP contribution in [-0.4, -0.2) is 41.1 Å². The highest BCUT2D eigenvalue weighted by molar-refractivity contribution is 5.91. The molecule has 182 valence electrons. The van der Waals surface area contributed by atoms with Gasteiger partial charge < -0.3 is 14.8 Å². The van der Waals surface area contributed by atoms with Crippen molar-refractivity contribution in [3.63, 3.8) is 0 Å². The van der Waals surface area contributed by atoms with Gasteiger partial charge in [-0.05, 0) is 60.9 Å². The molecule has 0 saturated carbocycles. The number of ether oxygens (including phenoxy) is 2. The summed E-state index contributed by atoms with van der Waals surface area (Å²) in [6.07, 6.45) is 6.52. The minimum Gasteiger partial charge on any atom is -0.453 e. The van der Waals surface area contributed by atoms with Gasteiger partial charge in [-0.25, -0.2) is 4.39 Å². The molecule has 7 heteroatoms. The summed E-state index contributed by atoms with van der Waals surface area (Å²) in [6, 6.07) is 16.1. The fourth-order valence-electron chi connectivity index (χ4n) is 4.19. The first kappa shape index (κ1) is 24.6. The normalized spacial score (nSPS) is 18.5. The number of carbonyl (C=O) groups excluding carboxylic acids is 1. The number of aromatic nitrogens is 1. The fraction of sp³-hybridized carbons (Fsp3) is 0.286. The van der Waals surface area contributed by atoms with Gasteiger partial charge in [-0.1, -0.05) is 30.3 Å². The van der Waals surface area contributed by atoms with Gasteiger partial charge in [0.05, 0.1) is 18.4 Å². The molecule has 2 unspecified atom stereocenters. The van der Waals surface area contributed by atoms with Gasteiger partial charge >= 0.3 is 0 Å². The lowest BCUT2D eigenvalue weighted by Gasteiger charge is -2.35. The van der Waals surface area contributed by atoms with Gasteiger partial charge in [0.15, 0.2) is 11.6 Å². The zero-order valence-electron chi connectivity index (χ0n) is 20.0. The molecule has 35 heavy (non-hydrogen) atoms.